The molecular weight excluding hydrogens is 246 g/mol. The summed E-state index contributed by atoms with van der Waals surface area (Å²) in [5.41, 5.74) is 2.64. The minimum absolute atomic E-state index is 0.154. The van der Waals surface area contributed by atoms with E-state index in [4.69, 9.17) is 0 Å². The van der Waals surface area contributed by atoms with Crippen LogP contribution in [0, 0.1) is 12.8 Å². The molecule has 1 aromatic rings. The van der Waals surface area contributed by atoms with Crippen LogP contribution in [0.4, 0.5) is 0 Å². The number of hydrogen-bond donors (Lipinski definition) is 1. The quantitative estimate of drug-likeness (QED) is 0.769. The Morgan fingerprint density at radius 3 is 2.55 bits per heavy atom. The zero-order chi connectivity index (χ0) is 15.2. The minimum Gasteiger partial charge on any atom is -0.308 e. The Morgan fingerprint density at radius 1 is 1.30 bits per heavy atom. The van der Waals surface area contributed by atoms with Crippen LogP contribution in [0.1, 0.15) is 71.6 Å². The monoisotopic (exact) mass is 279 g/mol. The van der Waals surface area contributed by atoms with Crippen LogP contribution in [-0.4, -0.2) is 15.3 Å². The van der Waals surface area contributed by atoms with Crippen molar-refractivity contribution >= 4 is 0 Å². The molecule has 1 unspecified atom stereocenters. The fourth-order valence-corrected chi connectivity index (χ4v) is 2.37. The molecule has 116 valence electrons. The fourth-order valence-electron chi connectivity index (χ4n) is 2.37. The third kappa shape index (κ3) is 6.08. The number of aromatic nitrogens is 2. The lowest BCUT2D eigenvalue weighted by molar-refractivity contribution is 0.371. The zero-order valence-corrected chi connectivity index (χ0v) is 14.3. The first kappa shape index (κ1) is 17.2. The Morgan fingerprint density at radius 2 is 2.00 bits per heavy atom. The molecule has 1 rings (SSSR count). The molecule has 3 nitrogen and oxygen atoms in total. The van der Waals surface area contributed by atoms with Crippen LogP contribution in [0.5, 0.6) is 0 Å². The largest absolute Gasteiger partial charge is 0.308 e. The van der Waals surface area contributed by atoms with Crippen LogP contribution < -0.4 is 5.32 Å². The van der Waals surface area contributed by atoms with Gasteiger partial charge in [0.1, 0.15) is 0 Å². The Labute approximate surface area is 125 Å². The fraction of sp³-hybridized carbons (Fsp3) is 0.824. The second kappa shape index (κ2) is 7.82. The Kier molecular flexibility index (Phi) is 6.74. The molecule has 0 spiro atoms. The Balaban J connectivity index is 2.59. The van der Waals surface area contributed by atoms with Crippen molar-refractivity contribution < 1.29 is 0 Å². The van der Waals surface area contributed by atoms with E-state index in [0.29, 0.717) is 0 Å². The Bertz CT molecular complexity index is 387. The van der Waals surface area contributed by atoms with E-state index in [1.54, 1.807) is 0 Å². The van der Waals surface area contributed by atoms with Gasteiger partial charge in [-0.05, 0) is 40.0 Å². The molecule has 0 aromatic carbocycles. The number of aryl methyl sites for hydroxylation is 1. The van der Waals surface area contributed by atoms with Gasteiger partial charge in [0.05, 0.1) is 5.69 Å². The van der Waals surface area contributed by atoms with Gasteiger partial charge in [-0.25, -0.2) is 0 Å². The normalized spacial score (nSPS) is 13.7. The first-order valence-corrected chi connectivity index (χ1v) is 8.13. The van der Waals surface area contributed by atoms with Crippen LogP contribution >= 0.6 is 0 Å². The maximum absolute atomic E-state index is 4.68. The third-order valence-corrected chi connectivity index (χ3v) is 3.85. The van der Waals surface area contributed by atoms with Crippen LogP contribution in [-0.2, 0) is 13.1 Å². The van der Waals surface area contributed by atoms with Crippen LogP contribution in [0.25, 0.3) is 0 Å². The summed E-state index contributed by atoms with van der Waals surface area (Å²) in [6, 6.07) is 0. The first-order chi connectivity index (χ1) is 9.35. The lowest BCUT2D eigenvalue weighted by atomic mass is 9.99. The van der Waals surface area contributed by atoms with E-state index in [0.717, 1.165) is 24.7 Å². The predicted molar refractivity (Wildman–Crippen MR) is 86.9 cm³/mol. The van der Waals surface area contributed by atoms with Crippen molar-refractivity contribution in [3.05, 3.63) is 17.5 Å². The molecule has 1 N–H and O–H groups in total. The number of nitrogens with zero attached hydrogens (tertiary/aromatic N) is 2. The number of hydrogen-bond acceptors (Lipinski definition) is 2. The maximum Gasteiger partial charge on any atom is 0.0638 e. The Hall–Kier alpha value is -0.830. The number of nitrogens with one attached hydrogen (secondary N) is 1. The van der Waals surface area contributed by atoms with E-state index < -0.39 is 0 Å². The van der Waals surface area contributed by atoms with E-state index in [9.17, 15) is 0 Å². The van der Waals surface area contributed by atoms with Gasteiger partial charge in [0.2, 0.25) is 0 Å². The van der Waals surface area contributed by atoms with Gasteiger partial charge in [0.25, 0.3) is 0 Å². The summed E-state index contributed by atoms with van der Waals surface area (Å²) in [6.07, 6.45) is 7.41. The summed E-state index contributed by atoms with van der Waals surface area (Å²) in [5.74, 6) is 0.762. The summed E-state index contributed by atoms with van der Waals surface area (Å²) in [6.45, 7) is 15.2. The SMILES string of the molecule is CCCCC(CC)Cn1cc(CNC(C)(C)C)c(C)n1. The van der Waals surface area contributed by atoms with E-state index in [-0.39, 0.29) is 5.54 Å². The van der Waals surface area contributed by atoms with Crippen molar-refractivity contribution in [3.63, 3.8) is 0 Å². The van der Waals surface area contributed by atoms with E-state index >= 15 is 0 Å². The highest BCUT2D eigenvalue weighted by molar-refractivity contribution is 5.15. The molecule has 0 saturated heterocycles. The van der Waals surface area contributed by atoms with Crippen molar-refractivity contribution in [1.29, 1.82) is 0 Å². The van der Waals surface area contributed by atoms with E-state index in [1.807, 2.05) is 0 Å². The van der Waals surface area contributed by atoms with Gasteiger partial charge in [-0.2, -0.15) is 5.10 Å². The zero-order valence-electron chi connectivity index (χ0n) is 14.3. The molecule has 0 saturated carbocycles. The van der Waals surface area contributed by atoms with Crippen molar-refractivity contribution in [2.75, 3.05) is 0 Å². The molecule has 0 radical (unpaired) electrons. The van der Waals surface area contributed by atoms with Gasteiger partial charge >= 0.3 is 0 Å². The average molecular weight is 279 g/mol. The molecule has 3 heteroatoms. The molecular formula is C17H33N3. The van der Waals surface area contributed by atoms with Gasteiger partial charge in [-0.1, -0.05) is 33.1 Å². The minimum atomic E-state index is 0.154. The molecule has 1 atom stereocenters. The molecule has 0 aliphatic rings. The molecule has 20 heavy (non-hydrogen) atoms. The summed E-state index contributed by atoms with van der Waals surface area (Å²) >= 11 is 0. The number of rotatable bonds is 8. The van der Waals surface area contributed by atoms with Crippen LogP contribution in [0.3, 0.4) is 0 Å². The summed E-state index contributed by atoms with van der Waals surface area (Å²) < 4.78 is 2.15. The van der Waals surface area contributed by atoms with Crippen LogP contribution in [0.15, 0.2) is 6.20 Å². The van der Waals surface area contributed by atoms with Crippen molar-refractivity contribution in [2.24, 2.45) is 5.92 Å². The highest BCUT2D eigenvalue weighted by atomic mass is 15.3. The van der Waals surface area contributed by atoms with Crippen LogP contribution in [0.2, 0.25) is 0 Å². The van der Waals surface area contributed by atoms with Crippen molar-refractivity contribution in [3.8, 4) is 0 Å². The second-order valence-corrected chi connectivity index (χ2v) is 6.98. The van der Waals surface area contributed by atoms with E-state index in [2.05, 4.69) is 62.8 Å². The lowest BCUT2D eigenvalue weighted by Crippen LogP contribution is -2.35. The topological polar surface area (TPSA) is 29.9 Å². The average Bonchev–Trinajstić information content (AvgIpc) is 2.71. The van der Waals surface area contributed by atoms with Gasteiger partial charge in [0, 0.05) is 30.4 Å². The first-order valence-electron chi connectivity index (χ1n) is 8.13. The molecule has 0 aliphatic carbocycles. The summed E-state index contributed by atoms with van der Waals surface area (Å²) in [4.78, 5) is 0. The highest BCUT2D eigenvalue weighted by Gasteiger charge is 2.13. The molecule has 0 bridgehead atoms. The third-order valence-electron chi connectivity index (χ3n) is 3.85. The lowest BCUT2D eigenvalue weighted by Gasteiger charge is -2.20. The molecule has 0 fully saturated rings. The van der Waals surface area contributed by atoms with Gasteiger partial charge in [-0.15, -0.1) is 0 Å². The molecule has 0 amide bonds. The van der Waals surface area contributed by atoms with E-state index in [1.165, 1.54) is 31.2 Å². The predicted octanol–water partition coefficient (Wildman–Crippen LogP) is 4.30. The summed E-state index contributed by atoms with van der Waals surface area (Å²) in [7, 11) is 0. The second-order valence-electron chi connectivity index (χ2n) is 6.98. The molecule has 1 aromatic heterocycles. The van der Waals surface area contributed by atoms with Gasteiger partial charge in [0.15, 0.2) is 0 Å². The highest BCUT2D eigenvalue weighted by Crippen LogP contribution is 2.16. The maximum atomic E-state index is 4.68. The van der Waals surface area contributed by atoms with Gasteiger partial charge in [-0.3, -0.25) is 4.68 Å². The van der Waals surface area contributed by atoms with Gasteiger partial charge < -0.3 is 5.32 Å². The summed E-state index contributed by atoms with van der Waals surface area (Å²) in [5, 5.41) is 8.22. The molecule has 0 aliphatic heterocycles. The standard InChI is InChI=1S/C17H33N3/c1-7-9-10-15(8-2)12-20-13-16(14(3)19-20)11-18-17(4,5)6/h13,15,18H,7-12H2,1-6H3. The van der Waals surface area contributed by atoms with Crippen molar-refractivity contribution in [1.82, 2.24) is 15.1 Å². The molecule has 1 heterocycles. The number of unbranched alkanes of at least 4 members (excludes halogenated alkanes) is 1. The smallest absolute Gasteiger partial charge is 0.0638 e. The van der Waals surface area contributed by atoms with Crippen molar-refractivity contribution in [2.45, 2.75) is 85.9 Å².